The van der Waals surface area contributed by atoms with Gasteiger partial charge >= 0.3 is 0 Å². The van der Waals surface area contributed by atoms with Crippen LogP contribution in [0.25, 0.3) is 6.08 Å². The van der Waals surface area contributed by atoms with Crippen LogP contribution in [0.3, 0.4) is 0 Å². The zero-order valence-corrected chi connectivity index (χ0v) is 10.1. The van der Waals surface area contributed by atoms with Gasteiger partial charge in [0.15, 0.2) is 0 Å². The fourth-order valence-corrected chi connectivity index (χ4v) is 2.26. The van der Waals surface area contributed by atoms with Crippen LogP contribution < -0.4 is 0 Å². The van der Waals surface area contributed by atoms with Gasteiger partial charge in [0.05, 0.1) is 0 Å². The van der Waals surface area contributed by atoms with Crippen LogP contribution in [-0.2, 0) is 0 Å². The molecule has 0 aromatic heterocycles. The van der Waals surface area contributed by atoms with Crippen molar-refractivity contribution in [1.29, 1.82) is 0 Å². The summed E-state index contributed by atoms with van der Waals surface area (Å²) in [4.78, 5) is 0. The Morgan fingerprint density at radius 1 is 1.13 bits per heavy atom. The molecule has 1 aromatic rings. The molecule has 1 aliphatic rings. The minimum absolute atomic E-state index is 0.662. The third-order valence-corrected chi connectivity index (χ3v) is 3.43. The summed E-state index contributed by atoms with van der Waals surface area (Å²) in [5, 5.41) is 0. The molecule has 0 heteroatoms. The van der Waals surface area contributed by atoms with Crippen LogP contribution in [0, 0.1) is 13.3 Å². The summed E-state index contributed by atoms with van der Waals surface area (Å²) in [5.74, 6) is 0.662. The van der Waals surface area contributed by atoms with E-state index < -0.39 is 0 Å². The topological polar surface area (TPSA) is 0 Å². The summed E-state index contributed by atoms with van der Waals surface area (Å²) in [5.41, 5.74) is 7.17. The zero-order valence-electron chi connectivity index (χ0n) is 10.1. The van der Waals surface area contributed by atoms with E-state index in [0.717, 1.165) is 0 Å². The molecular weight excluding hydrogens is 180 g/mol. The second-order valence-corrected chi connectivity index (χ2v) is 4.64. The maximum Gasteiger partial charge on any atom is 0.0164 e. The molecule has 0 fully saturated rings. The lowest BCUT2D eigenvalue weighted by Gasteiger charge is -2.15. The maximum absolute atomic E-state index is 2.32. The van der Waals surface area contributed by atoms with Crippen molar-refractivity contribution in [1.82, 2.24) is 0 Å². The Bertz CT molecular complexity index is 410. The van der Waals surface area contributed by atoms with Crippen molar-refractivity contribution in [2.24, 2.45) is 0 Å². The summed E-state index contributed by atoms with van der Waals surface area (Å²) in [6, 6.07) is 4.55. The SMILES string of the molecule is CCC(C)c1ccc(C)c2c1C=C(C)[CH]2. The first-order valence-corrected chi connectivity index (χ1v) is 5.80. The van der Waals surface area contributed by atoms with E-state index in [1.54, 1.807) is 0 Å². The molecule has 1 aliphatic carbocycles. The highest BCUT2D eigenvalue weighted by Gasteiger charge is 2.18. The normalized spacial score (nSPS) is 16.1. The van der Waals surface area contributed by atoms with Crippen LogP contribution >= 0.6 is 0 Å². The summed E-state index contributed by atoms with van der Waals surface area (Å²) < 4.78 is 0. The summed E-state index contributed by atoms with van der Waals surface area (Å²) in [6.07, 6.45) is 5.84. The predicted molar refractivity (Wildman–Crippen MR) is 66.9 cm³/mol. The van der Waals surface area contributed by atoms with E-state index in [1.807, 2.05) is 0 Å². The van der Waals surface area contributed by atoms with Crippen molar-refractivity contribution in [2.75, 3.05) is 0 Å². The molecule has 0 heterocycles. The highest BCUT2D eigenvalue weighted by molar-refractivity contribution is 5.73. The highest BCUT2D eigenvalue weighted by atomic mass is 14.2. The van der Waals surface area contributed by atoms with Crippen LogP contribution in [0.1, 0.15) is 55.4 Å². The Kier molecular flexibility index (Phi) is 2.68. The van der Waals surface area contributed by atoms with Gasteiger partial charge in [0, 0.05) is 6.42 Å². The van der Waals surface area contributed by atoms with Crippen LogP contribution in [0.2, 0.25) is 0 Å². The van der Waals surface area contributed by atoms with Crippen molar-refractivity contribution in [3.8, 4) is 0 Å². The first-order chi connectivity index (χ1) is 7.13. The molecule has 0 saturated carbocycles. The highest BCUT2D eigenvalue weighted by Crippen LogP contribution is 2.35. The van der Waals surface area contributed by atoms with Gasteiger partial charge < -0.3 is 0 Å². The molecule has 1 aromatic carbocycles. The van der Waals surface area contributed by atoms with Crippen LogP contribution in [0.4, 0.5) is 0 Å². The minimum atomic E-state index is 0.662. The Morgan fingerprint density at radius 2 is 1.87 bits per heavy atom. The molecule has 0 bridgehead atoms. The Morgan fingerprint density at radius 3 is 2.53 bits per heavy atom. The molecule has 2 rings (SSSR count). The molecule has 0 N–H and O–H groups in total. The number of fused-ring (bicyclic) bond motifs is 1. The standard InChI is InChI=1S/C15H19/c1-5-11(3)13-7-6-12(4)14-8-10(2)9-15(13)14/h6-9,11H,5H2,1-4H3. The van der Waals surface area contributed by atoms with Gasteiger partial charge in [-0.05, 0) is 48.4 Å². The van der Waals surface area contributed by atoms with Gasteiger partial charge in [0.1, 0.15) is 0 Å². The first-order valence-electron chi connectivity index (χ1n) is 5.80. The average molecular weight is 199 g/mol. The third-order valence-electron chi connectivity index (χ3n) is 3.43. The smallest absolute Gasteiger partial charge is 0.0164 e. The van der Waals surface area contributed by atoms with Crippen LogP contribution in [0.15, 0.2) is 17.7 Å². The maximum atomic E-state index is 2.32. The molecule has 0 saturated heterocycles. The van der Waals surface area contributed by atoms with Crippen molar-refractivity contribution >= 4 is 6.08 Å². The van der Waals surface area contributed by atoms with Crippen molar-refractivity contribution in [3.05, 3.63) is 46.4 Å². The first kappa shape index (κ1) is 10.5. The lowest BCUT2D eigenvalue weighted by atomic mass is 9.90. The molecule has 15 heavy (non-hydrogen) atoms. The van der Waals surface area contributed by atoms with Gasteiger partial charge in [-0.1, -0.05) is 37.6 Å². The van der Waals surface area contributed by atoms with Crippen molar-refractivity contribution in [2.45, 2.75) is 40.0 Å². The molecule has 0 nitrogen and oxygen atoms in total. The molecule has 79 valence electrons. The van der Waals surface area contributed by atoms with E-state index in [9.17, 15) is 0 Å². The van der Waals surface area contributed by atoms with Crippen molar-refractivity contribution < 1.29 is 0 Å². The number of aryl methyl sites for hydroxylation is 1. The second kappa shape index (κ2) is 3.84. The lowest BCUT2D eigenvalue weighted by molar-refractivity contribution is 0.731. The fraction of sp³-hybridized carbons (Fsp3) is 0.400. The van der Waals surface area contributed by atoms with E-state index in [2.05, 4.69) is 52.3 Å². The molecule has 1 unspecified atom stereocenters. The minimum Gasteiger partial charge on any atom is -0.0648 e. The molecule has 0 amide bonds. The Labute approximate surface area is 93.0 Å². The third kappa shape index (κ3) is 1.73. The van der Waals surface area contributed by atoms with E-state index in [0.29, 0.717) is 5.92 Å². The van der Waals surface area contributed by atoms with Crippen molar-refractivity contribution in [3.63, 3.8) is 0 Å². The van der Waals surface area contributed by atoms with Gasteiger partial charge in [-0.25, -0.2) is 0 Å². The number of rotatable bonds is 2. The molecule has 1 atom stereocenters. The Hall–Kier alpha value is -1.04. The molecule has 1 radical (unpaired) electrons. The van der Waals surface area contributed by atoms with Gasteiger partial charge in [0.25, 0.3) is 0 Å². The number of hydrogen-bond acceptors (Lipinski definition) is 0. The largest absolute Gasteiger partial charge is 0.0648 e. The zero-order chi connectivity index (χ0) is 11.0. The van der Waals surface area contributed by atoms with Crippen LogP contribution in [0.5, 0.6) is 0 Å². The number of benzene rings is 1. The fourth-order valence-electron chi connectivity index (χ4n) is 2.26. The van der Waals surface area contributed by atoms with Gasteiger partial charge in [0.2, 0.25) is 0 Å². The summed E-state index contributed by atoms with van der Waals surface area (Å²) in [7, 11) is 0. The monoisotopic (exact) mass is 199 g/mol. The van der Waals surface area contributed by atoms with Gasteiger partial charge in [-0.3, -0.25) is 0 Å². The van der Waals surface area contributed by atoms with E-state index >= 15 is 0 Å². The summed E-state index contributed by atoms with van der Waals surface area (Å²) in [6.45, 7) is 8.95. The molecule has 0 spiro atoms. The quantitative estimate of drug-likeness (QED) is 0.659. The van der Waals surface area contributed by atoms with Crippen LogP contribution in [-0.4, -0.2) is 0 Å². The molecule has 0 aliphatic heterocycles. The Balaban J connectivity index is 2.54. The summed E-state index contributed by atoms with van der Waals surface area (Å²) >= 11 is 0. The van der Waals surface area contributed by atoms with Gasteiger partial charge in [-0.2, -0.15) is 0 Å². The van der Waals surface area contributed by atoms with E-state index in [4.69, 9.17) is 0 Å². The number of allylic oxidation sites excluding steroid dienone is 1. The van der Waals surface area contributed by atoms with E-state index in [-0.39, 0.29) is 0 Å². The second-order valence-electron chi connectivity index (χ2n) is 4.64. The molecular formula is C15H19. The van der Waals surface area contributed by atoms with Gasteiger partial charge in [-0.15, -0.1) is 0 Å². The van der Waals surface area contributed by atoms with E-state index in [1.165, 1.54) is 34.2 Å². The predicted octanol–water partition coefficient (Wildman–Crippen LogP) is 4.48. The number of hydrogen-bond donors (Lipinski definition) is 0. The average Bonchev–Trinajstić information content (AvgIpc) is 2.60. The lowest BCUT2D eigenvalue weighted by Crippen LogP contribution is -1.98.